The van der Waals surface area contributed by atoms with Crippen molar-refractivity contribution in [1.82, 2.24) is 9.97 Å². The van der Waals surface area contributed by atoms with Crippen LogP contribution in [-0.4, -0.2) is 21.0 Å². The highest BCUT2D eigenvalue weighted by atomic mass is 35.5. The second kappa shape index (κ2) is 6.76. The molecule has 0 saturated carbocycles. The smallest absolute Gasteiger partial charge is 0.335 e. The normalized spacial score (nSPS) is 11.9. The quantitative estimate of drug-likeness (QED) is 0.712. The Morgan fingerprint density at radius 2 is 2.08 bits per heavy atom. The number of aromatic amines is 1. The molecule has 0 radical (unpaired) electrons. The number of rotatable bonds is 5. The van der Waals surface area contributed by atoms with Gasteiger partial charge in [0.15, 0.2) is 0 Å². The average molecular weight is 343 g/mol. The van der Waals surface area contributed by atoms with Gasteiger partial charge in [0.1, 0.15) is 17.7 Å². The summed E-state index contributed by atoms with van der Waals surface area (Å²) in [5, 5.41) is 9.82. The van der Waals surface area contributed by atoms with Crippen LogP contribution >= 0.6 is 11.6 Å². The number of hydrogen-bond donors (Lipinski definition) is 2. The van der Waals surface area contributed by atoms with E-state index < -0.39 is 5.97 Å². The van der Waals surface area contributed by atoms with Gasteiger partial charge >= 0.3 is 5.97 Å². The molecule has 24 heavy (non-hydrogen) atoms. The predicted octanol–water partition coefficient (Wildman–Crippen LogP) is 4.57. The molecule has 0 amide bonds. The Hall–Kier alpha value is -2.79. The van der Waals surface area contributed by atoms with Crippen molar-refractivity contribution >= 4 is 17.6 Å². The molecule has 3 aromatic rings. The Labute approximate surface area is 143 Å². The third kappa shape index (κ3) is 3.26. The minimum atomic E-state index is -1.01. The first kappa shape index (κ1) is 16.1. The number of aromatic nitrogens is 2. The van der Waals surface area contributed by atoms with Gasteiger partial charge in [-0.25, -0.2) is 9.78 Å². The molecule has 0 saturated heterocycles. The summed E-state index contributed by atoms with van der Waals surface area (Å²) >= 11 is 6.22. The molecule has 0 aliphatic heterocycles. The fraction of sp³-hybridized carbons (Fsp3) is 0.111. The number of carbonyl (C=O) groups is 1. The SMILES string of the molecule is C[C@H](Oc1ccc(C(=O)O)cc1-c1ncc[nH]1)c1ccccc1Cl. The summed E-state index contributed by atoms with van der Waals surface area (Å²) in [5.41, 5.74) is 1.60. The Morgan fingerprint density at radius 1 is 1.29 bits per heavy atom. The van der Waals surface area contributed by atoms with Gasteiger partial charge in [-0.05, 0) is 31.2 Å². The van der Waals surface area contributed by atoms with Crippen molar-refractivity contribution in [3.8, 4) is 17.1 Å². The summed E-state index contributed by atoms with van der Waals surface area (Å²) in [6.07, 6.45) is 2.97. The fourth-order valence-electron chi connectivity index (χ4n) is 2.42. The van der Waals surface area contributed by atoms with Crippen LogP contribution in [0.3, 0.4) is 0 Å². The second-order valence-corrected chi connectivity index (χ2v) is 5.64. The van der Waals surface area contributed by atoms with Crippen molar-refractivity contribution in [2.45, 2.75) is 13.0 Å². The number of ether oxygens (including phenoxy) is 1. The molecule has 0 fully saturated rings. The summed E-state index contributed by atoms with van der Waals surface area (Å²) in [6.45, 7) is 1.89. The van der Waals surface area contributed by atoms with E-state index in [2.05, 4.69) is 9.97 Å². The molecule has 1 atom stereocenters. The lowest BCUT2D eigenvalue weighted by atomic mass is 10.1. The summed E-state index contributed by atoms with van der Waals surface area (Å²) in [7, 11) is 0. The average Bonchev–Trinajstić information content (AvgIpc) is 3.09. The molecule has 122 valence electrons. The number of carboxylic acids is 1. The zero-order valence-electron chi connectivity index (χ0n) is 12.9. The number of halogens is 1. The van der Waals surface area contributed by atoms with E-state index in [9.17, 15) is 9.90 Å². The van der Waals surface area contributed by atoms with E-state index in [4.69, 9.17) is 16.3 Å². The molecule has 0 spiro atoms. The maximum atomic E-state index is 11.2. The molecule has 0 bridgehead atoms. The monoisotopic (exact) mass is 342 g/mol. The lowest BCUT2D eigenvalue weighted by Crippen LogP contribution is -2.06. The molecule has 0 aliphatic rings. The highest BCUT2D eigenvalue weighted by Gasteiger charge is 2.17. The molecule has 6 heteroatoms. The van der Waals surface area contributed by atoms with Crippen molar-refractivity contribution in [3.05, 3.63) is 71.0 Å². The van der Waals surface area contributed by atoms with Gasteiger partial charge in [-0.15, -0.1) is 0 Å². The first-order valence-corrected chi connectivity index (χ1v) is 7.72. The predicted molar refractivity (Wildman–Crippen MR) is 91.5 cm³/mol. The van der Waals surface area contributed by atoms with Crippen LogP contribution in [0, 0.1) is 0 Å². The molecule has 5 nitrogen and oxygen atoms in total. The molecule has 1 heterocycles. The third-order valence-electron chi connectivity index (χ3n) is 3.63. The van der Waals surface area contributed by atoms with Gasteiger partial charge in [-0.2, -0.15) is 0 Å². The van der Waals surface area contributed by atoms with Gasteiger partial charge in [0, 0.05) is 23.0 Å². The van der Waals surface area contributed by atoms with Gasteiger partial charge in [0.25, 0.3) is 0 Å². The van der Waals surface area contributed by atoms with Gasteiger partial charge in [0.05, 0.1) is 11.1 Å². The van der Waals surface area contributed by atoms with Crippen molar-refractivity contribution < 1.29 is 14.6 Å². The Bertz CT molecular complexity index is 862. The van der Waals surface area contributed by atoms with Gasteiger partial charge < -0.3 is 14.8 Å². The lowest BCUT2D eigenvalue weighted by Gasteiger charge is -2.18. The molecule has 2 N–H and O–H groups in total. The van der Waals surface area contributed by atoms with Gasteiger partial charge in [0.2, 0.25) is 0 Å². The topological polar surface area (TPSA) is 75.2 Å². The minimum Gasteiger partial charge on any atom is -0.485 e. The largest absolute Gasteiger partial charge is 0.485 e. The number of imidazole rings is 1. The lowest BCUT2D eigenvalue weighted by molar-refractivity contribution is 0.0697. The highest BCUT2D eigenvalue weighted by Crippen LogP contribution is 2.33. The molecule has 3 rings (SSSR count). The van der Waals surface area contributed by atoms with E-state index in [0.29, 0.717) is 22.2 Å². The molecule has 0 unspecified atom stereocenters. The molecular formula is C18H15ClN2O3. The standard InChI is InChI=1S/C18H15ClN2O3/c1-11(13-4-2-3-5-15(13)19)24-16-7-6-12(18(22)23)10-14(16)17-20-8-9-21-17/h2-11H,1H3,(H,20,21)(H,22,23)/t11-/m0/s1. The molecular weight excluding hydrogens is 328 g/mol. The minimum absolute atomic E-state index is 0.166. The number of nitrogens with zero attached hydrogens (tertiary/aromatic N) is 1. The van der Waals surface area contributed by atoms with E-state index in [0.717, 1.165) is 5.56 Å². The second-order valence-electron chi connectivity index (χ2n) is 5.24. The van der Waals surface area contributed by atoms with Crippen LogP contribution in [0.4, 0.5) is 0 Å². The number of hydrogen-bond acceptors (Lipinski definition) is 3. The number of H-pyrrole nitrogens is 1. The molecule has 2 aromatic carbocycles. The summed E-state index contributed by atoms with van der Waals surface area (Å²) in [4.78, 5) is 18.4. The van der Waals surface area contributed by atoms with E-state index in [1.807, 2.05) is 25.1 Å². The fourth-order valence-corrected chi connectivity index (χ4v) is 2.71. The first-order chi connectivity index (χ1) is 11.6. The van der Waals surface area contributed by atoms with Gasteiger partial charge in [-0.3, -0.25) is 0 Å². The van der Waals surface area contributed by atoms with Crippen LogP contribution in [0.5, 0.6) is 5.75 Å². The molecule has 1 aromatic heterocycles. The van der Waals surface area contributed by atoms with Crippen molar-refractivity contribution in [2.75, 3.05) is 0 Å². The maximum absolute atomic E-state index is 11.2. The van der Waals surface area contributed by atoms with Crippen LogP contribution in [0.25, 0.3) is 11.4 Å². The maximum Gasteiger partial charge on any atom is 0.335 e. The third-order valence-corrected chi connectivity index (χ3v) is 3.97. The number of benzene rings is 2. The van der Waals surface area contributed by atoms with Crippen LogP contribution in [-0.2, 0) is 0 Å². The Balaban J connectivity index is 1.98. The first-order valence-electron chi connectivity index (χ1n) is 7.34. The molecule has 0 aliphatic carbocycles. The van der Waals surface area contributed by atoms with E-state index in [-0.39, 0.29) is 11.7 Å². The van der Waals surface area contributed by atoms with Crippen molar-refractivity contribution in [1.29, 1.82) is 0 Å². The summed E-state index contributed by atoms with van der Waals surface area (Å²) in [5.74, 6) is 0.0651. The zero-order valence-corrected chi connectivity index (χ0v) is 13.6. The van der Waals surface area contributed by atoms with E-state index in [1.165, 1.54) is 12.1 Å². The number of nitrogens with one attached hydrogen (secondary N) is 1. The van der Waals surface area contributed by atoms with Crippen LogP contribution in [0.1, 0.15) is 28.9 Å². The highest BCUT2D eigenvalue weighted by molar-refractivity contribution is 6.31. The summed E-state index contributed by atoms with van der Waals surface area (Å²) < 4.78 is 6.03. The van der Waals surface area contributed by atoms with Crippen LogP contribution < -0.4 is 4.74 Å². The van der Waals surface area contributed by atoms with E-state index in [1.54, 1.807) is 24.5 Å². The van der Waals surface area contributed by atoms with Crippen molar-refractivity contribution in [3.63, 3.8) is 0 Å². The van der Waals surface area contributed by atoms with Crippen LogP contribution in [0.2, 0.25) is 5.02 Å². The van der Waals surface area contributed by atoms with Gasteiger partial charge in [-0.1, -0.05) is 29.8 Å². The zero-order chi connectivity index (χ0) is 17.1. The van der Waals surface area contributed by atoms with Crippen LogP contribution in [0.15, 0.2) is 54.9 Å². The van der Waals surface area contributed by atoms with Crippen molar-refractivity contribution in [2.24, 2.45) is 0 Å². The number of aromatic carboxylic acids is 1. The number of carboxylic acid groups (broad SMARTS) is 1. The summed E-state index contributed by atoms with van der Waals surface area (Å²) in [6, 6.07) is 12.1. The van der Waals surface area contributed by atoms with E-state index >= 15 is 0 Å². The Morgan fingerprint density at radius 3 is 2.75 bits per heavy atom. The Kier molecular flexibility index (Phi) is 4.53.